The minimum Gasteiger partial charge on any atom is -0.456 e. The maximum absolute atomic E-state index is 11.8. The minimum atomic E-state index is -0.503. The standard InChI is InChI=1S/C19H16N2O5S/c1-12(13-6-7-15-16(8-13)25-11-24-15)21-26-10-19(22)23-9-18-20-14-4-2-3-5-17(14)27-18/h2-8H,9-11H2,1H3/b21-12-. The second-order valence-electron chi connectivity index (χ2n) is 5.75. The van der Waals surface area contributed by atoms with Gasteiger partial charge in [-0.1, -0.05) is 17.3 Å². The third-order valence-corrected chi connectivity index (χ3v) is 4.88. The zero-order valence-corrected chi connectivity index (χ0v) is 15.3. The molecule has 4 rings (SSSR count). The van der Waals surface area contributed by atoms with Gasteiger partial charge in [-0.25, -0.2) is 9.78 Å². The van der Waals surface area contributed by atoms with Crippen molar-refractivity contribution in [2.45, 2.75) is 13.5 Å². The summed E-state index contributed by atoms with van der Waals surface area (Å²) < 4.78 is 16.8. The molecular formula is C19H16N2O5S. The fourth-order valence-corrected chi connectivity index (χ4v) is 3.40. The van der Waals surface area contributed by atoms with Crippen LogP contribution in [-0.4, -0.2) is 30.1 Å². The van der Waals surface area contributed by atoms with Crippen molar-refractivity contribution in [3.63, 3.8) is 0 Å². The molecule has 7 nitrogen and oxygen atoms in total. The molecule has 0 atom stereocenters. The van der Waals surface area contributed by atoms with Gasteiger partial charge in [0.05, 0.1) is 15.9 Å². The molecule has 0 unspecified atom stereocenters. The lowest BCUT2D eigenvalue weighted by molar-refractivity contribution is -0.150. The van der Waals surface area contributed by atoms with E-state index in [0.29, 0.717) is 17.2 Å². The van der Waals surface area contributed by atoms with Crippen LogP contribution < -0.4 is 9.47 Å². The number of ether oxygens (including phenoxy) is 3. The molecule has 0 fully saturated rings. The highest BCUT2D eigenvalue weighted by Crippen LogP contribution is 2.32. The Bertz CT molecular complexity index is 981. The van der Waals surface area contributed by atoms with Gasteiger partial charge in [0.2, 0.25) is 13.4 Å². The number of benzene rings is 2. The number of hydrogen-bond acceptors (Lipinski definition) is 8. The summed E-state index contributed by atoms with van der Waals surface area (Å²) in [5.41, 5.74) is 2.34. The normalized spacial score (nSPS) is 13.0. The summed E-state index contributed by atoms with van der Waals surface area (Å²) in [4.78, 5) is 21.3. The Labute approximate surface area is 159 Å². The summed E-state index contributed by atoms with van der Waals surface area (Å²) in [6.45, 7) is 1.84. The first-order valence-electron chi connectivity index (χ1n) is 8.26. The summed E-state index contributed by atoms with van der Waals surface area (Å²) in [5.74, 6) is 0.861. The molecular weight excluding hydrogens is 368 g/mol. The quantitative estimate of drug-likeness (QED) is 0.368. The Kier molecular flexibility index (Phi) is 4.88. The van der Waals surface area contributed by atoms with Crippen LogP contribution in [0.5, 0.6) is 11.5 Å². The Hall–Kier alpha value is -3.13. The van der Waals surface area contributed by atoms with Crippen LogP contribution in [0.2, 0.25) is 0 Å². The van der Waals surface area contributed by atoms with Gasteiger partial charge in [0.15, 0.2) is 11.5 Å². The summed E-state index contributed by atoms with van der Waals surface area (Å²) in [6, 6.07) is 13.2. The van der Waals surface area contributed by atoms with E-state index in [1.165, 1.54) is 11.3 Å². The lowest BCUT2D eigenvalue weighted by Gasteiger charge is -2.04. The molecule has 0 amide bonds. The first-order valence-corrected chi connectivity index (χ1v) is 9.07. The molecule has 0 saturated heterocycles. The van der Waals surface area contributed by atoms with Gasteiger partial charge in [0, 0.05) is 5.56 Å². The number of carbonyl (C=O) groups is 1. The fraction of sp³-hybridized carbons (Fsp3) is 0.211. The average molecular weight is 384 g/mol. The predicted octanol–water partition coefficient (Wildman–Crippen LogP) is 3.51. The van der Waals surface area contributed by atoms with Crippen LogP contribution in [0.3, 0.4) is 0 Å². The highest BCUT2D eigenvalue weighted by molar-refractivity contribution is 7.18. The monoisotopic (exact) mass is 384 g/mol. The number of nitrogens with zero attached hydrogens (tertiary/aromatic N) is 2. The number of hydrogen-bond donors (Lipinski definition) is 0. The number of esters is 1. The first-order chi connectivity index (χ1) is 13.2. The molecule has 0 saturated carbocycles. The summed E-state index contributed by atoms with van der Waals surface area (Å²) in [6.07, 6.45) is 0. The number of aromatic nitrogens is 1. The van der Waals surface area contributed by atoms with Gasteiger partial charge >= 0.3 is 5.97 Å². The number of carbonyl (C=O) groups excluding carboxylic acids is 1. The molecule has 1 aliphatic heterocycles. The molecule has 1 aromatic heterocycles. The lowest BCUT2D eigenvalue weighted by Crippen LogP contribution is -2.11. The van der Waals surface area contributed by atoms with Crippen LogP contribution in [0, 0.1) is 0 Å². The van der Waals surface area contributed by atoms with Gasteiger partial charge in [0.25, 0.3) is 0 Å². The van der Waals surface area contributed by atoms with Gasteiger partial charge < -0.3 is 19.0 Å². The number of para-hydroxylation sites is 1. The summed E-state index contributed by atoms with van der Waals surface area (Å²) >= 11 is 1.50. The molecule has 0 bridgehead atoms. The Morgan fingerprint density at radius 1 is 1.22 bits per heavy atom. The molecule has 2 aromatic carbocycles. The molecule has 2 heterocycles. The van der Waals surface area contributed by atoms with Crippen LogP contribution in [0.4, 0.5) is 0 Å². The van der Waals surface area contributed by atoms with Crippen molar-refractivity contribution in [2.24, 2.45) is 5.16 Å². The van der Waals surface area contributed by atoms with Gasteiger partial charge in [-0.2, -0.15) is 0 Å². The van der Waals surface area contributed by atoms with Gasteiger partial charge in [0.1, 0.15) is 11.6 Å². The van der Waals surface area contributed by atoms with Gasteiger partial charge in [-0.15, -0.1) is 11.3 Å². The summed E-state index contributed by atoms with van der Waals surface area (Å²) in [7, 11) is 0. The third-order valence-electron chi connectivity index (χ3n) is 3.87. The van der Waals surface area contributed by atoms with E-state index < -0.39 is 5.97 Å². The van der Waals surface area contributed by atoms with Crippen LogP contribution in [0.1, 0.15) is 17.5 Å². The third kappa shape index (κ3) is 4.01. The van der Waals surface area contributed by atoms with Crippen molar-refractivity contribution in [1.82, 2.24) is 4.98 Å². The number of oxime groups is 1. The van der Waals surface area contributed by atoms with Gasteiger partial charge in [-0.3, -0.25) is 0 Å². The van der Waals surface area contributed by atoms with Crippen LogP contribution >= 0.6 is 11.3 Å². The maximum Gasteiger partial charge on any atom is 0.347 e. The number of rotatable bonds is 6. The Morgan fingerprint density at radius 2 is 2.07 bits per heavy atom. The molecule has 3 aromatic rings. The van der Waals surface area contributed by atoms with E-state index in [1.807, 2.05) is 42.5 Å². The smallest absolute Gasteiger partial charge is 0.347 e. The van der Waals surface area contributed by atoms with Crippen molar-refractivity contribution in [3.05, 3.63) is 53.0 Å². The lowest BCUT2D eigenvalue weighted by atomic mass is 10.1. The van der Waals surface area contributed by atoms with Crippen LogP contribution in [-0.2, 0) is 21.0 Å². The SMILES string of the molecule is C/C(=N/OCC(=O)OCc1nc2ccccc2s1)c1ccc2c(c1)OCO2. The van der Waals surface area contributed by atoms with E-state index in [9.17, 15) is 4.79 Å². The van der Waals surface area contributed by atoms with E-state index >= 15 is 0 Å². The molecule has 0 aliphatic carbocycles. The van der Waals surface area contributed by atoms with Crippen molar-refractivity contribution in [2.75, 3.05) is 13.4 Å². The van der Waals surface area contributed by atoms with Gasteiger partial charge in [-0.05, 0) is 37.3 Å². The second-order valence-corrected chi connectivity index (χ2v) is 6.87. The molecule has 1 aliphatic rings. The van der Waals surface area contributed by atoms with E-state index in [0.717, 1.165) is 20.8 Å². The Morgan fingerprint density at radius 3 is 2.96 bits per heavy atom. The molecule has 0 N–H and O–H groups in total. The molecule has 27 heavy (non-hydrogen) atoms. The first kappa shape index (κ1) is 17.3. The van der Waals surface area contributed by atoms with E-state index in [-0.39, 0.29) is 20.0 Å². The molecule has 0 spiro atoms. The fourth-order valence-electron chi connectivity index (χ4n) is 2.52. The maximum atomic E-state index is 11.8. The number of fused-ring (bicyclic) bond motifs is 2. The average Bonchev–Trinajstić information content (AvgIpc) is 3.31. The zero-order valence-electron chi connectivity index (χ0n) is 14.5. The minimum absolute atomic E-state index is 0.117. The van der Waals surface area contributed by atoms with Crippen molar-refractivity contribution < 1.29 is 23.8 Å². The van der Waals surface area contributed by atoms with Crippen LogP contribution in [0.15, 0.2) is 47.6 Å². The molecule has 138 valence electrons. The summed E-state index contributed by atoms with van der Waals surface area (Å²) in [5, 5.41) is 4.70. The van der Waals surface area contributed by atoms with Crippen LogP contribution in [0.25, 0.3) is 10.2 Å². The van der Waals surface area contributed by atoms with E-state index in [1.54, 1.807) is 6.92 Å². The number of thiazole rings is 1. The largest absolute Gasteiger partial charge is 0.456 e. The Balaban J connectivity index is 1.28. The topological polar surface area (TPSA) is 79.2 Å². The van der Waals surface area contributed by atoms with E-state index in [4.69, 9.17) is 19.0 Å². The van der Waals surface area contributed by atoms with Crippen molar-refractivity contribution in [1.29, 1.82) is 0 Å². The molecule has 0 radical (unpaired) electrons. The van der Waals surface area contributed by atoms with Crippen molar-refractivity contribution >= 4 is 33.2 Å². The molecule has 8 heteroatoms. The van der Waals surface area contributed by atoms with E-state index in [2.05, 4.69) is 10.1 Å². The highest BCUT2D eigenvalue weighted by Gasteiger charge is 2.14. The predicted molar refractivity (Wildman–Crippen MR) is 100 cm³/mol. The second kappa shape index (κ2) is 7.63. The highest BCUT2D eigenvalue weighted by atomic mass is 32.1. The zero-order chi connectivity index (χ0) is 18.6. The van der Waals surface area contributed by atoms with Crippen molar-refractivity contribution in [3.8, 4) is 11.5 Å².